The lowest BCUT2D eigenvalue weighted by molar-refractivity contribution is 0.0877. The zero-order valence-electron chi connectivity index (χ0n) is 11.2. The molecule has 6 heteroatoms. The maximum absolute atomic E-state index is 11.7. The van der Waals surface area contributed by atoms with Gasteiger partial charge in [0.1, 0.15) is 0 Å². The number of carbonyl (C=O) groups excluding carboxylic acids is 1. The highest BCUT2D eigenvalue weighted by molar-refractivity contribution is 7.81. The van der Waals surface area contributed by atoms with E-state index in [0.717, 1.165) is 25.7 Å². The van der Waals surface area contributed by atoms with Crippen LogP contribution in [0.25, 0.3) is 0 Å². The number of aliphatic hydroxyl groups is 1. The van der Waals surface area contributed by atoms with E-state index in [4.69, 9.17) is 9.84 Å². The molecule has 0 aliphatic carbocycles. The Balaban J connectivity index is 0.00000289. The van der Waals surface area contributed by atoms with Crippen molar-refractivity contribution in [2.75, 3.05) is 26.3 Å². The minimum Gasteiger partial charge on any atom is -0.449 e. The van der Waals surface area contributed by atoms with Crippen LogP contribution in [0.5, 0.6) is 0 Å². The molecule has 0 aromatic heterocycles. The molecule has 1 fully saturated rings. The van der Waals surface area contributed by atoms with Crippen molar-refractivity contribution in [2.45, 2.75) is 43.8 Å². The molecule has 1 aliphatic heterocycles. The van der Waals surface area contributed by atoms with Crippen LogP contribution in [-0.4, -0.2) is 47.1 Å². The maximum Gasteiger partial charge on any atom is 0.409 e. The molecule has 108 valence electrons. The van der Waals surface area contributed by atoms with Gasteiger partial charge < -0.3 is 20.9 Å². The predicted molar refractivity (Wildman–Crippen MR) is 75.5 cm³/mol. The van der Waals surface area contributed by atoms with Crippen molar-refractivity contribution in [3.63, 3.8) is 0 Å². The third-order valence-electron chi connectivity index (χ3n) is 3.25. The Hall–Kier alpha value is -0.460. The van der Waals surface area contributed by atoms with E-state index in [1.165, 1.54) is 0 Å². The Morgan fingerprint density at radius 3 is 2.56 bits per heavy atom. The largest absolute Gasteiger partial charge is 0.449 e. The van der Waals surface area contributed by atoms with Crippen LogP contribution in [0.1, 0.15) is 39.0 Å². The molecular formula is C12H26N2O3S. The van der Waals surface area contributed by atoms with Gasteiger partial charge in [0.25, 0.3) is 0 Å². The van der Waals surface area contributed by atoms with Crippen LogP contribution in [0.2, 0.25) is 0 Å². The summed E-state index contributed by atoms with van der Waals surface area (Å²) >= 11 is 4.59. The van der Waals surface area contributed by atoms with Crippen molar-refractivity contribution < 1.29 is 14.6 Å². The molecule has 1 heterocycles. The second-order valence-electron chi connectivity index (χ2n) is 4.65. The number of hydrogen-bond donors (Lipinski definition) is 3. The van der Waals surface area contributed by atoms with E-state index >= 15 is 0 Å². The molecule has 0 aromatic rings. The normalized spacial score (nSPS) is 18.1. The number of likely N-dealkylation sites (tertiary alicyclic amines) is 1. The van der Waals surface area contributed by atoms with Crippen LogP contribution in [0.3, 0.4) is 0 Å². The molecule has 0 bridgehead atoms. The number of aliphatic hydroxyl groups excluding tert-OH is 1. The fourth-order valence-electron chi connectivity index (χ4n) is 1.96. The van der Waals surface area contributed by atoms with Gasteiger partial charge in [0, 0.05) is 24.4 Å². The molecular weight excluding hydrogens is 252 g/mol. The quantitative estimate of drug-likeness (QED) is 0.532. The van der Waals surface area contributed by atoms with Crippen LogP contribution < -0.4 is 6.15 Å². The lowest BCUT2D eigenvalue weighted by atomic mass is 9.93. The first-order valence-electron chi connectivity index (χ1n) is 6.36. The van der Waals surface area contributed by atoms with Crippen molar-refractivity contribution in [3.8, 4) is 0 Å². The van der Waals surface area contributed by atoms with Crippen molar-refractivity contribution in [3.05, 3.63) is 0 Å². The molecule has 0 aromatic carbocycles. The zero-order valence-corrected chi connectivity index (χ0v) is 12.1. The van der Waals surface area contributed by atoms with Crippen LogP contribution in [0, 0.1) is 0 Å². The topological polar surface area (TPSA) is 84.8 Å². The van der Waals surface area contributed by atoms with E-state index < -0.39 is 0 Å². The van der Waals surface area contributed by atoms with Gasteiger partial charge in [0.15, 0.2) is 0 Å². The fraction of sp³-hybridized carbons (Fsp3) is 0.917. The Morgan fingerprint density at radius 1 is 1.44 bits per heavy atom. The van der Waals surface area contributed by atoms with E-state index in [1.54, 1.807) is 4.90 Å². The number of ether oxygens (including phenoxy) is 1. The van der Waals surface area contributed by atoms with E-state index in [1.807, 2.05) is 0 Å². The molecule has 5 nitrogen and oxygen atoms in total. The SMILES string of the molecule is CCCCOC(=O)N1CCC(S)(CCO)CC1.N. The highest BCUT2D eigenvalue weighted by Gasteiger charge is 2.32. The monoisotopic (exact) mass is 278 g/mol. The van der Waals surface area contributed by atoms with Gasteiger partial charge in [-0.05, 0) is 25.7 Å². The molecule has 1 amide bonds. The molecule has 0 radical (unpaired) electrons. The lowest BCUT2D eigenvalue weighted by Gasteiger charge is -2.37. The number of unbranched alkanes of at least 4 members (excludes halogenated alkanes) is 1. The summed E-state index contributed by atoms with van der Waals surface area (Å²) in [5.74, 6) is 0. The fourth-order valence-corrected chi connectivity index (χ4v) is 2.26. The van der Waals surface area contributed by atoms with Gasteiger partial charge in [-0.3, -0.25) is 0 Å². The molecule has 1 aliphatic rings. The Kier molecular flexibility index (Phi) is 8.39. The van der Waals surface area contributed by atoms with E-state index in [9.17, 15) is 4.79 Å². The summed E-state index contributed by atoms with van der Waals surface area (Å²) in [6.07, 6.45) is 4.07. The van der Waals surface area contributed by atoms with Gasteiger partial charge in [-0.1, -0.05) is 13.3 Å². The number of hydrogen-bond acceptors (Lipinski definition) is 5. The van der Waals surface area contributed by atoms with Gasteiger partial charge in [0.05, 0.1) is 6.61 Å². The van der Waals surface area contributed by atoms with Gasteiger partial charge in [-0.15, -0.1) is 0 Å². The molecule has 1 saturated heterocycles. The highest BCUT2D eigenvalue weighted by Crippen LogP contribution is 2.31. The summed E-state index contributed by atoms with van der Waals surface area (Å²) in [4.78, 5) is 13.4. The van der Waals surface area contributed by atoms with Gasteiger partial charge in [-0.2, -0.15) is 12.6 Å². The lowest BCUT2D eigenvalue weighted by Crippen LogP contribution is -2.44. The van der Waals surface area contributed by atoms with Gasteiger partial charge in [-0.25, -0.2) is 4.79 Å². The second-order valence-corrected chi connectivity index (χ2v) is 5.60. The minimum atomic E-state index is -0.210. The predicted octanol–water partition coefficient (Wildman–Crippen LogP) is 2.23. The number of piperidine rings is 1. The molecule has 0 unspecified atom stereocenters. The summed E-state index contributed by atoms with van der Waals surface area (Å²) in [5.41, 5.74) is 0. The molecule has 18 heavy (non-hydrogen) atoms. The number of nitrogens with zero attached hydrogens (tertiary/aromatic N) is 1. The van der Waals surface area contributed by atoms with Crippen LogP contribution in [0.15, 0.2) is 0 Å². The van der Waals surface area contributed by atoms with Crippen molar-refractivity contribution in [2.24, 2.45) is 0 Å². The Labute approximate surface area is 115 Å². The highest BCUT2D eigenvalue weighted by atomic mass is 32.1. The second kappa shape index (κ2) is 8.61. The average Bonchev–Trinajstić information content (AvgIpc) is 2.30. The zero-order chi connectivity index (χ0) is 12.7. The summed E-state index contributed by atoms with van der Waals surface area (Å²) in [7, 11) is 0. The van der Waals surface area contributed by atoms with Gasteiger partial charge in [0.2, 0.25) is 0 Å². The van der Waals surface area contributed by atoms with Crippen molar-refractivity contribution in [1.82, 2.24) is 11.1 Å². The molecule has 1 rings (SSSR count). The van der Waals surface area contributed by atoms with Crippen molar-refractivity contribution >= 4 is 18.7 Å². The van der Waals surface area contributed by atoms with Crippen LogP contribution in [0.4, 0.5) is 4.79 Å². The minimum absolute atomic E-state index is 0. The Bertz CT molecular complexity index is 243. The standard InChI is InChI=1S/C12H23NO3S.H3N/c1-2-3-10-16-11(15)13-7-4-12(17,5-8-13)6-9-14;/h14,17H,2-10H2,1H3;1H3. The first kappa shape index (κ1) is 17.5. The number of rotatable bonds is 5. The third-order valence-corrected chi connectivity index (χ3v) is 3.92. The first-order chi connectivity index (χ1) is 8.11. The van der Waals surface area contributed by atoms with Crippen molar-refractivity contribution in [1.29, 1.82) is 0 Å². The number of carbonyl (C=O) groups is 1. The first-order valence-corrected chi connectivity index (χ1v) is 6.81. The summed E-state index contributed by atoms with van der Waals surface area (Å²) < 4.78 is 5.05. The summed E-state index contributed by atoms with van der Waals surface area (Å²) in [6, 6.07) is 0. The van der Waals surface area contributed by atoms with E-state index in [-0.39, 0.29) is 23.6 Å². The third kappa shape index (κ3) is 5.46. The van der Waals surface area contributed by atoms with Gasteiger partial charge >= 0.3 is 6.09 Å². The number of amides is 1. The average molecular weight is 278 g/mol. The maximum atomic E-state index is 11.7. The molecule has 0 spiro atoms. The van der Waals surface area contributed by atoms with Crippen LogP contribution in [-0.2, 0) is 4.74 Å². The molecule has 0 saturated carbocycles. The summed E-state index contributed by atoms with van der Waals surface area (Å²) in [6.45, 7) is 4.08. The van der Waals surface area contributed by atoms with Crippen LogP contribution >= 0.6 is 12.6 Å². The summed E-state index contributed by atoms with van der Waals surface area (Å²) in [5, 5.41) is 8.95. The smallest absolute Gasteiger partial charge is 0.409 e. The van der Waals surface area contributed by atoms with E-state index in [0.29, 0.717) is 26.1 Å². The molecule has 4 N–H and O–H groups in total. The number of thiol groups is 1. The Morgan fingerprint density at radius 2 is 2.06 bits per heavy atom. The van der Waals surface area contributed by atoms with E-state index in [2.05, 4.69) is 19.6 Å². The molecule has 0 atom stereocenters.